The molecule has 2 fully saturated rings. The van der Waals surface area contributed by atoms with E-state index in [1.165, 1.54) is 16.4 Å². The van der Waals surface area contributed by atoms with Crippen molar-refractivity contribution >= 4 is 27.5 Å². The van der Waals surface area contributed by atoms with Gasteiger partial charge in [-0.1, -0.05) is 0 Å². The van der Waals surface area contributed by atoms with Crippen LogP contribution in [0.5, 0.6) is 0 Å². The summed E-state index contributed by atoms with van der Waals surface area (Å²) in [5.41, 5.74) is 0.713. The number of rotatable bonds is 6. The zero-order chi connectivity index (χ0) is 21.1. The van der Waals surface area contributed by atoms with E-state index >= 15 is 0 Å². The second-order valence-electron chi connectivity index (χ2n) is 7.64. The number of sulfonamides is 1. The molecule has 2 aromatic rings. The molecule has 30 heavy (non-hydrogen) atoms. The fourth-order valence-electron chi connectivity index (χ4n) is 3.97. The highest BCUT2D eigenvalue weighted by Gasteiger charge is 2.33. The third kappa shape index (κ3) is 4.27. The van der Waals surface area contributed by atoms with Crippen LogP contribution in [0.2, 0.25) is 0 Å². The normalized spacial score (nSPS) is 20.5. The maximum absolute atomic E-state index is 13.1. The Morgan fingerprint density at radius 2 is 1.93 bits per heavy atom. The van der Waals surface area contributed by atoms with Gasteiger partial charge in [0, 0.05) is 31.7 Å². The Labute approximate surface area is 175 Å². The number of nitrogens with one attached hydrogen (secondary N) is 1. The monoisotopic (exact) mass is 431 g/mol. The van der Waals surface area contributed by atoms with Gasteiger partial charge in [0.2, 0.25) is 21.8 Å². The molecule has 2 saturated heterocycles. The molecule has 3 heterocycles. The summed E-state index contributed by atoms with van der Waals surface area (Å²) >= 11 is 0. The number of carbonyl (C=O) groups is 2. The predicted octanol–water partition coefficient (Wildman–Crippen LogP) is 2.12. The van der Waals surface area contributed by atoms with E-state index in [0.717, 1.165) is 6.42 Å². The van der Waals surface area contributed by atoms with E-state index in [1.807, 2.05) is 0 Å². The third-order valence-corrected chi connectivity index (χ3v) is 7.51. The highest BCUT2D eigenvalue weighted by Crippen LogP contribution is 2.27. The number of benzene rings is 1. The Balaban J connectivity index is 1.41. The lowest BCUT2D eigenvalue weighted by atomic mass is 9.99. The van der Waals surface area contributed by atoms with Crippen LogP contribution in [0.4, 0.5) is 5.69 Å². The third-order valence-electron chi connectivity index (χ3n) is 5.63. The zero-order valence-electron chi connectivity index (χ0n) is 16.6. The fraction of sp³-hybridized carbons (Fsp3) is 0.429. The van der Waals surface area contributed by atoms with E-state index in [1.54, 1.807) is 35.4 Å². The molecular weight excluding hydrogens is 406 g/mol. The first-order valence-electron chi connectivity index (χ1n) is 10.2. The van der Waals surface area contributed by atoms with E-state index in [4.69, 9.17) is 4.42 Å². The van der Waals surface area contributed by atoms with Gasteiger partial charge in [0.25, 0.3) is 0 Å². The van der Waals surface area contributed by atoms with E-state index in [9.17, 15) is 18.0 Å². The zero-order valence-corrected chi connectivity index (χ0v) is 17.4. The van der Waals surface area contributed by atoms with Crippen molar-refractivity contribution in [2.24, 2.45) is 5.92 Å². The Morgan fingerprint density at radius 1 is 1.13 bits per heavy atom. The van der Waals surface area contributed by atoms with Crippen LogP contribution in [-0.4, -0.2) is 44.2 Å². The van der Waals surface area contributed by atoms with Crippen LogP contribution in [-0.2, 0) is 26.2 Å². The minimum Gasteiger partial charge on any atom is -0.467 e. The average Bonchev–Trinajstić information content (AvgIpc) is 3.44. The lowest BCUT2D eigenvalue weighted by molar-refractivity contribution is -0.126. The number of hydrogen-bond donors (Lipinski definition) is 1. The number of amides is 2. The largest absolute Gasteiger partial charge is 0.467 e. The highest BCUT2D eigenvalue weighted by atomic mass is 32.2. The quantitative estimate of drug-likeness (QED) is 0.755. The van der Waals surface area contributed by atoms with Crippen molar-refractivity contribution in [3.63, 3.8) is 0 Å². The van der Waals surface area contributed by atoms with Gasteiger partial charge >= 0.3 is 0 Å². The SMILES string of the molecule is O=C(NCc1ccco1)[C@H]1CCCN(S(=O)(=O)c2ccc(N3CCCC3=O)cc2)C1. The van der Waals surface area contributed by atoms with Gasteiger partial charge in [-0.3, -0.25) is 9.59 Å². The smallest absolute Gasteiger partial charge is 0.243 e. The van der Waals surface area contributed by atoms with Gasteiger partial charge in [-0.25, -0.2) is 8.42 Å². The molecule has 0 unspecified atom stereocenters. The lowest BCUT2D eigenvalue weighted by Gasteiger charge is -2.31. The van der Waals surface area contributed by atoms with Crippen molar-refractivity contribution in [3.05, 3.63) is 48.4 Å². The molecule has 1 N–H and O–H groups in total. The van der Waals surface area contributed by atoms with Crippen LogP contribution in [0.25, 0.3) is 0 Å². The first-order valence-corrected chi connectivity index (χ1v) is 11.6. The average molecular weight is 432 g/mol. The lowest BCUT2D eigenvalue weighted by Crippen LogP contribution is -2.45. The molecule has 0 saturated carbocycles. The molecule has 2 aliphatic heterocycles. The van der Waals surface area contributed by atoms with E-state index in [0.29, 0.717) is 43.8 Å². The minimum atomic E-state index is -3.71. The van der Waals surface area contributed by atoms with E-state index < -0.39 is 15.9 Å². The van der Waals surface area contributed by atoms with Gasteiger partial charge < -0.3 is 14.6 Å². The predicted molar refractivity (Wildman–Crippen MR) is 110 cm³/mol. The Morgan fingerprint density at radius 3 is 2.60 bits per heavy atom. The topological polar surface area (TPSA) is 99.9 Å². The summed E-state index contributed by atoms with van der Waals surface area (Å²) in [6, 6.07) is 9.95. The van der Waals surface area contributed by atoms with Crippen molar-refractivity contribution < 1.29 is 22.4 Å². The Kier molecular flexibility index (Phi) is 5.92. The van der Waals surface area contributed by atoms with Crippen molar-refractivity contribution in [1.29, 1.82) is 0 Å². The number of nitrogens with zero attached hydrogens (tertiary/aromatic N) is 2. The van der Waals surface area contributed by atoms with Crippen LogP contribution in [0.1, 0.15) is 31.4 Å². The second-order valence-corrected chi connectivity index (χ2v) is 9.58. The van der Waals surface area contributed by atoms with Crippen molar-refractivity contribution in [2.75, 3.05) is 24.5 Å². The highest BCUT2D eigenvalue weighted by molar-refractivity contribution is 7.89. The van der Waals surface area contributed by atoms with Crippen molar-refractivity contribution in [1.82, 2.24) is 9.62 Å². The molecule has 0 bridgehead atoms. The first kappa shape index (κ1) is 20.6. The van der Waals surface area contributed by atoms with E-state index in [2.05, 4.69) is 5.32 Å². The molecule has 160 valence electrons. The maximum atomic E-state index is 13.1. The molecule has 9 heteroatoms. The van der Waals surface area contributed by atoms with Gasteiger partial charge in [-0.2, -0.15) is 4.31 Å². The second kappa shape index (κ2) is 8.61. The van der Waals surface area contributed by atoms with Crippen LogP contribution >= 0.6 is 0 Å². The summed E-state index contributed by atoms with van der Waals surface area (Å²) in [4.78, 5) is 26.3. The molecule has 2 amide bonds. The molecule has 0 radical (unpaired) electrons. The maximum Gasteiger partial charge on any atom is 0.243 e. The van der Waals surface area contributed by atoms with Gasteiger partial charge in [0.05, 0.1) is 23.6 Å². The molecular formula is C21H25N3O5S. The minimum absolute atomic E-state index is 0.0602. The Bertz CT molecular complexity index is 1000. The van der Waals surface area contributed by atoms with E-state index in [-0.39, 0.29) is 29.8 Å². The molecule has 1 aromatic carbocycles. The number of furan rings is 1. The van der Waals surface area contributed by atoms with Crippen LogP contribution < -0.4 is 10.2 Å². The van der Waals surface area contributed by atoms with Gasteiger partial charge in [0.15, 0.2) is 0 Å². The number of hydrogen-bond acceptors (Lipinski definition) is 5. The summed E-state index contributed by atoms with van der Waals surface area (Å²) in [6.07, 6.45) is 4.15. The Hall–Kier alpha value is -2.65. The number of carbonyl (C=O) groups excluding carboxylic acids is 2. The summed E-state index contributed by atoms with van der Waals surface area (Å²) in [5, 5.41) is 2.82. The molecule has 8 nitrogen and oxygen atoms in total. The molecule has 0 aliphatic carbocycles. The van der Waals surface area contributed by atoms with Crippen LogP contribution in [0.3, 0.4) is 0 Å². The molecule has 1 aromatic heterocycles. The molecule has 2 aliphatic rings. The molecule has 1 atom stereocenters. The van der Waals surface area contributed by atoms with Gasteiger partial charge in [-0.15, -0.1) is 0 Å². The van der Waals surface area contributed by atoms with Gasteiger partial charge in [0.1, 0.15) is 5.76 Å². The molecule has 0 spiro atoms. The summed E-state index contributed by atoms with van der Waals surface area (Å²) in [5.74, 6) is 0.143. The summed E-state index contributed by atoms with van der Waals surface area (Å²) < 4.78 is 32.8. The first-order chi connectivity index (χ1) is 14.4. The van der Waals surface area contributed by atoms with Gasteiger partial charge in [-0.05, 0) is 55.7 Å². The number of piperidine rings is 1. The van der Waals surface area contributed by atoms with Crippen LogP contribution in [0, 0.1) is 5.92 Å². The fourth-order valence-corrected chi connectivity index (χ4v) is 5.50. The summed E-state index contributed by atoms with van der Waals surface area (Å²) in [6.45, 7) is 1.48. The summed E-state index contributed by atoms with van der Waals surface area (Å²) in [7, 11) is -3.71. The molecule has 4 rings (SSSR count). The standard InChI is InChI=1S/C21H25N3O5S/c25-20-6-2-12-24(20)17-7-9-19(10-8-17)30(27,28)23-11-1-4-16(15-23)21(26)22-14-18-5-3-13-29-18/h3,5,7-10,13,16H,1-2,4,6,11-12,14-15H2,(H,22,26)/t16-/m0/s1. The van der Waals surface area contributed by atoms with Crippen molar-refractivity contribution in [2.45, 2.75) is 37.1 Å². The van der Waals surface area contributed by atoms with Crippen molar-refractivity contribution in [3.8, 4) is 0 Å². The van der Waals surface area contributed by atoms with Crippen LogP contribution in [0.15, 0.2) is 52.0 Å². The number of anilines is 1.